The smallest absolute Gasteiger partial charge is 0.238 e. The van der Waals surface area contributed by atoms with Gasteiger partial charge in [0.25, 0.3) is 0 Å². The van der Waals surface area contributed by atoms with Crippen LogP contribution in [0.5, 0.6) is 0 Å². The van der Waals surface area contributed by atoms with Gasteiger partial charge in [0.1, 0.15) is 0 Å². The number of aryl methyl sites for hydroxylation is 1. The number of sulfonamides is 1. The Morgan fingerprint density at radius 1 is 1.26 bits per heavy atom. The quantitative estimate of drug-likeness (QED) is 0.875. The van der Waals surface area contributed by atoms with Gasteiger partial charge in [-0.25, -0.2) is 13.6 Å². The van der Waals surface area contributed by atoms with E-state index >= 15 is 0 Å². The molecule has 2 aromatic rings. The van der Waals surface area contributed by atoms with Crippen LogP contribution in [0.25, 0.3) is 0 Å². The van der Waals surface area contributed by atoms with Crippen LogP contribution in [0, 0.1) is 0 Å². The lowest BCUT2D eigenvalue weighted by Crippen LogP contribution is -2.12. The van der Waals surface area contributed by atoms with Crippen LogP contribution in [0.15, 0.2) is 47.5 Å². The summed E-state index contributed by atoms with van der Waals surface area (Å²) in [6, 6.07) is 10.5. The Morgan fingerprint density at radius 2 is 2.05 bits per heavy atom. The van der Waals surface area contributed by atoms with Gasteiger partial charge >= 0.3 is 0 Å². The second-order valence-electron chi connectivity index (χ2n) is 4.21. The van der Waals surface area contributed by atoms with Crippen molar-refractivity contribution >= 4 is 15.7 Å². The van der Waals surface area contributed by atoms with Crippen molar-refractivity contribution in [3.8, 4) is 0 Å². The largest absolute Gasteiger partial charge is 0.379 e. The topological polar surface area (TPSA) is 77.1 Å². The normalized spacial score (nSPS) is 11.5. The Labute approximate surface area is 113 Å². The molecular formula is C13H17N3O2S. The molecule has 6 heteroatoms. The number of primary sulfonamides is 1. The maximum atomic E-state index is 11.3. The van der Waals surface area contributed by atoms with Crippen LogP contribution in [0.2, 0.25) is 0 Å². The number of benzene rings is 1. The fourth-order valence-corrected chi connectivity index (χ4v) is 2.45. The molecule has 0 saturated heterocycles. The number of aromatic nitrogens is 1. The van der Waals surface area contributed by atoms with Crippen LogP contribution in [0.1, 0.15) is 12.6 Å². The number of rotatable bonds is 5. The Kier molecular flexibility index (Phi) is 3.92. The zero-order valence-corrected chi connectivity index (χ0v) is 11.5. The molecule has 0 spiro atoms. The van der Waals surface area contributed by atoms with Crippen LogP contribution in [0.3, 0.4) is 0 Å². The summed E-state index contributed by atoms with van der Waals surface area (Å²) < 4.78 is 24.7. The first-order valence-electron chi connectivity index (χ1n) is 6.01. The van der Waals surface area contributed by atoms with Crippen LogP contribution in [-0.2, 0) is 23.1 Å². The molecule has 1 aromatic carbocycles. The number of anilines is 1. The van der Waals surface area contributed by atoms with Crippen molar-refractivity contribution in [1.29, 1.82) is 0 Å². The molecule has 0 fully saturated rings. The van der Waals surface area contributed by atoms with E-state index in [9.17, 15) is 8.42 Å². The highest BCUT2D eigenvalue weighted by Gasteiger charge is 2.07. The van der Waals surface area contributed by atoms with Gasteiger partial charge in [0.15, 0.2) is 0 Å². The lowest BCUT2D eigenvalue weighted by molar-refractivity contribution is 0.598. The third-order valence-electron chi connectivity index (χ3n) is 2.90. The zero-order chi connectivity index (χ0) is 13.9. The molecule has 0 atom stereocenters. The van der Waals surface area contributed by atoms with E-state index in [0.29, 0.717) is 6.54 Å². The van der Waals surface area contributed by atoms with E-state index in [1.807, 2.05) is 24.4 Å². The van der Waals surface area contributed by atoms with Crippen molar-refractivity contribution in [3.05, 3.63) is 48.3 Å². The molecule has 0 amide bonds. The van der Waals surface area contributed by atoms with Crippen LogP contribution < -0.4 is 10.5 Å². The average Bonchev–Trinajstić information content (AvgIpc) is 2.83. The monoisotopic (exact) mass is 279 g/mol. The minimum Gasteiger partial charge on any atom is -0.379 e. The molecule has 0 aliphatic heterocycles. The predicted molar refractivity (Wildman–Crippen MR) is 75.2 cm³/mol. The molecule has 0 aliphatic rings. The number of hydrogen-bond donors (Lipinski definition) is 2. The highest BCUT2D eigenvalue weighted by molar-refractivity contribution is 7.89. The summed E-state index contributed by atoms with van der Waals surface area (Å²) in [5, 5.41) is 8.30. The van der Waals surface area contributed by atoms with Crippen molar-refractivity contribution in [1.82, 2.24) is 4.57 Å². The fraction of sp³-hybridized carbons (Fsp3) is 0.231. The maximum Gasteiger partial charge on any atom is 0.238 e. The van der Waals surface area contributed by atoms with Gasteiger partial charge in [-0.3, -0.25) is 0 Å². The number of nitrogens with two attached hydrogens (primary N) is 1. The first-order valence-corrected chi connectivity index (χ1v) is 7.56. The van der Waals surface area contributed by atoms with Crippen molar-refractivity contribution in [2.75, 3.05) is 5.32 Å². The molecule has 1 heterocycles. The third-order valence-corrected chi connectivity index (χ3v) is 3.81. The maximum absolute atomic E-state index is 11.3. The minimum absolute atomic E-state index is 0.114. The Morgan fingerprint density at radius 3 is 2.74 bits per heavy atom. The molecular weight excluding hydrogens is 262 g/mol. The summed E-state index contributed by atoms with van der Waals surface area (Å²) >= 11 is 0. The number of nitrogens with one attached hydrogen (secondary N) is 1. The van der Waals surface area contributed by atoms with Gasteiger partial charge in [-0.2, -0.15) is 0 Å². The summed E-state index contributed by atoms with van der Waals surface area (Å²) in [4.78, 5) is 0.114. The molecule has 0 bridgehead atoms. The average molecular weight is 279 g/mol. The van der Waals surface area contributed by atoms with Gasteiger partial charge in [0, 0.05) is 24.1 Å². The van der Waals surface area contributed by atoms with Gasteiger partial charge in [-0.05, 0) is 37.3 Å². The lowest BCUT2D eigenvalue weighted by Gasteiger charge is -2.10. The molecule has 3 N–H and O–H groups in total. The van der Waals surface area contributed by atoms with Crippen LogP contribution in [0.4, 0.5) is 5.69 Å². The number of nitrogens with zero attached hydrogens (tertiary/aromatic N) is 1. The van der Waals surface area contributed by atoms with Crippen molar-refractivity contribution in [2.24, 2.45) is 5.14 Å². The van der Waals surface area contributed by atoms with E-state index < -0.39 is 10.0 Å². The summed E-state index contributed by atoms with van der Waals surface area (Å²) in [5.74, 6) is 0. The summed E-state index contributed by atoms with van der Waals surface area (Å²) in [6.07, 6.45) is 2.01. The molecule has 0 aliphatic carbocycles. The highest BCUT2D eigenvalue weighted by atomic mass is 32.2. The van der Waals surface area contributed by atoms with Gasteiger partial charge in [0.2, 0.25) is 10.0 Å². The van der Waals surface area contributed by atoms with Gasteiger partial charge in [0.05, 0.1) is 11.4 Å². The van der Waals surface area contributed by atoms with Crippen molar-refractivity contribution in [2.45, 2.75) is 24.9 Å². The number of hydrogen-bond acceptors (Lipinski definition) is 3. The first-order chi connectivity index (χ1) is 9.00. The predicted octanol–water partition coefficient (Wildman–Crippen LogP) is 1.77. The summed E-state index contributed by atoms with van der Waals surface area (Å²) in [7, 11) is -3.66. The van der Waals surface area contributed by atoms with E-state index in [1.54, 1.807) is 6.07 Å². The minimum atomic E-state index is -3.66. The molecule has 0 unspecified atom stereocenters. The molecule has 1 aromatic heterocycles. The van der Waals surface area contributed by atoms with E-state index in [1.165, 1.54) is 12.1 Å². The highest BCUT2D eigenvalue weighted by Crippen LogP contribution is 2.15. The Bertz CT molecular complexity index is 662. The summed E-state index contributed by atoms with van der Waals surface area (Å²) in [5.41, 5.74) is 1.87. The molecule has 19 heavy (non-hydrogen) atoms. The fourth-order valence-electron chi connectivity index (χ4n) is 1.89. The molecule has 0 radical (unpaired) electrons. The molecule has 102 valence electrons. The van der Waals surface area contributed by atoms with Gasteiger partial charge in [-0.1, -0.05) is 6.07 Å². The van der Waals surface area contributed by atoms with Crippen molar-refractivity contribution in [3.63, 3.8) is 0 Å². The Hall–Kier alpha value is -1.79. The second kappa shape index (κ2) is 5.46. The third kappa shape index (κ3) is 3.36. The molecule has 0 saturated carbocycles. The molecule has 2 rings (SSSR count). The van der Waals surface area contributed by atoms with E-state index in [4.69, 9.17) is 5.14 Å². The standard InChI is InChI=1S/C13H17N3O2S/c1-2-16-8-4-6-12(16)10-15-11-5-3-7-13(9-11)19(14,17)18/h3-9,15H,2,10H2,1H3,(H2,14,17,18). The summed E-state index contributed by atoms with van der Waals surface area (Å²) in [6.45, 7) is 3.61. The van der Waals surface area contributed by atoms with Gasteiger partial charge < -0.3 is 9.88 Å². The van der Waals surface area contributed by atoms with Crippen molar-refractivity contribution < 1.29 is 8.42 Å². The lowest BCUT2D eigenvalue weighted by atomic mass is 10.3. The zero-order valence-electron chi connectivity index (χ0n) is 10.7. The Balaban J connectivity index is 2.12. The van der Waals surface area contributed by atoms with Crippen LogP contribution >= 0.6 is 0 Å². The van der Waals surface area contributed by atoms with E-state index in [2.05, 4.69) is 16.8 Å². The SMILES string of the molecule is CCn1cccc1CNc1cccc(S(N)(=O)=O)c1. The molecule has 5 nitrogen and oxygen atoms in total. The van der Waals surface area contributed by atoms with E-state index in [-0.39, 0.29) is 4.90 Å². The van der Waals surface area contributed by atoms with Gasteiger partial charge in [-0.15, -0.1) is 0 Å². The van der Waals surface area contributed by atoms with E-state index in [0.717, 1.165) is 17.9 Å². The second-order valence-corrected chi connectivity index (χ2v) is 5.77. The first kappa shape index (κ1) is 13.6. The van der Waals surface area contributed by atoms with Crippen LogP contribution in [-0.4, -0.2) is 13.0 Å².